The van der Waals surface area contributed by atoms with Crippen LogP contribution >= 0.6 is 11.8 Å². The number of amides is 1. The second kappa shape index (κ2) is 14.8. The summed E-state index contributed by atoms with van der Waals surface area (Å²) in [4.78, 5) is 65.2. The molecule has 0 fully saturated rings. The number of nitrogens with zero attached hydrogens (tertiary/aromatic N) is 2. The van der Waals surface area contributed by atoms with Crippen molar-refractivity contribution in [3.63, 3.8) is 0 Å². The van der Waals surface area contributed by atoms with Gasteiger partial charge in [-0.25, -0.2) is 4.98 Å². The number of aromatic nitrogens is 2. The number of carbonyl (C=O) groups excluding carboxylic acids is 3. The highest BCUT2D eigenvalue weighted by Crippen LogP contribution is 2.15. The largest absolute Gasteiger partial charge is 0.481 e. The molecular formula is C25H32N4O6S. The monoisotopic (exact) mass is 516 g/mol. The van der Waals surface area contributed by atoms with Crippen LogP contribution < -0.4 is 16.2 Å². The maximum absolute atomic E-state index is 13.1. The molecule has 1 aromatic carbocycles. The second-order valence-electron chi connectivity index (χ2n) is 8.25. The smallest absolute Gasteiger partial charge is 0.305 e. The van der Waals surface area contributed by atoms with Gasteiger partial charge in [0.2, 0.25) is 5.91 Å². The number of benzene rings is 1. The SMILES string of the molecule is CCC(C(=O)N[C@@H](CC(=O)O)C(=O)CSCc1ccccc1)n1ccnc(NCCCC(C)=O)c1=O. The number of ketones is 2. The average Bonchev–Trinajstić information content (AvgIpc) is 2.84. The van der Waals surface area contributed by atoms with E-state index in [-0.39, 0.29) is 23.8 Å². The fraction of sp³-hybridized carbons (Fsp3) is 0.440. The van der Waals surface area contributed by atoms with Gasteiger partial charge in [-0.1, -0.05) is 37.3 Å². The lowest BCUT2D eigenvalue weighted by Crippen LogP contribution is -2.47. The predicted octanol–water partition coefficient (Wildman–Crippen LogP) is 2.44. The lowest BCUT2D eigenvalue weighted by Gasteiger charge is -2.22. The third-order valence-electron chi connectivity index (χ3n) is 5.33. The van der Waals surface area contributed by atoms with Crippen molar-refractivity contribution in [2.45, 2.75) is 57.4 Å². The number of nitrogens with one attached hydrogen (secondary N) is 2. The van der Waals surface area contributed by atoms with Gasteiger partial charge in [-0.3, -0.25) is 23.7 Å². The van der Waals surface area contributed by atoms with Crippen LogP contribution in [0.2, 0.25) is 0 Å². The quantitative estimate of drug-likeness (QED) is 0.286. The summed E-state index contributed by atoms with van der Waals surface area (Å²) >= 11 is 1.34. The van der Waals surface area contributed by atoms with E-state index < -0.39 is 41.7 Å². The van der Waals surface area contributed by atoms with Crippen molar-refractivity contribution in [3.8, 4) is 0 Å². The Morgan fingerprint density at radius 3 is 2.53 bits per heavy atom. The molecule has 0 radical (unpaired) electrons. The van der Waals surface area contributed by atoms with Crippen molar-refractivity contribution < 1.29 is 24.3 Å². The van der Waals surface area contributed by atoms with Crippen molar-refractivity contribution in [1.82, 2.24) is 14.9 Å². The Morgan fingerprint density at radius 1 is 1.17 bits per heavy atom. The van der Waals surface area contributed by atoms with Gasteiger partial charge >= 0.3 is 5.97 Å². The number of hydrogen-bond donors (Lipinski definition) is 3. The predicted molar refractivity (Wildman–Crippen MR) is 138 cm³/mol. The molecule has 1 unspecified atom stereocenters. The van der Waals surface area contributed by atoms with E-state index in [2.05, 4.69) is 15.6 Å². The van der Waals surface area contributed by atoms with E-state index >= 15 is 0 Å². The maximum Gasteiger partial charge on any atom is 0.305 e. The van der Waals surface area contributed by atoms with Gasteiger partial charge < -0.3 is 20.5 Å². The zero-order valence-electron chi connectivity index (χ0n) is 20.4. The molecule has 36 heavy (non-hydrogen) atoms. The molecule has 10 nitrogen and oxygen atoms in total. The molecule has 1 aromatic heterocycles. The normalized spacial score (nSPS) is 12.4. The fourth-order valence-electron chi connectivity index (χ4n) is 3.48. The molecular weight excluding hydrogens is 484 g/mol. The number of hydrogen-bond acceptors (Lipinski definition) is 8. The number of aliphatic carboxylic acids is 1. The van der Waals surface area contributed by atoms with Gasteiger partial charge in [-0.2, -0.15) is 0 Å². The van der Waals surface area contributed by atoms with Crippen LogP contribution in [0, 0.1) is 0 Å². The Bertz CT molecular complexity index is 1110. The highest BCUT2D eigenvalue weighted by molar-refractivity contribution is 7.99. The van der Waals surface area contributed by atoms with Crippen LogP contribution in [-0.4, -0.2) is 56.4 Å². The van der Waals surface area contributed by atoms with Gasteiger partial charge in [0, 0.05) is 31.1 Å². The van der Waals surface area contributed by atoms with Crippen molar-refractivity contribution in [2.75, 3.05) is 17.6 Å². The molecule has 1 heterocycles. The number of rotatable bonds is 16. The molecule has 2 atom stereocenters. The molecule has 0 aliphatic heterocycles. The number of carbonyl (C=O) groups is 4. The Kier molecular flexibility index (Phi) is 11.8. The van der Waals surface area contributed by atoms with Gasteiger partial charge in [0.15, 0.2) is 11.6 Å². The number of carboxylic acids is 1. The molecule has 2 aromatic rings. The molecule has 11 heteroatoms. The number of carboxylic acid groups (broad SMARTS) is 1. The van der Waals surface area contributed by atoms with Gasteiger partial charge in [0.05, 0.1) is 18.2 Å². The number of thioether (sulfide) groups is 1. The summed E-state index contributed by atoms with van der Waals surface area (Å²) in [6.45, 7) is 3.56. The van der Waals surface area contributed by atoms with Crippen LogP contribution in [0.25, 0.3) is 0 Å². The van der Waals surface area contributed by atoms with E-state index in [0.29, 0.717) is 25.1 Å². The molecule has 194 valence electrons. The van der Waals surface area contributed by atoms with Crippen LogP contribution in [0.5, 0.6) is 0 Å². The maximum atomic E-state index is 13.1. The first-order valence-electron chi connectivity index (χ1n) is 11.7. The van der Waals surface area contributed by atoms with Crippen molar-refractivity contribution >= 4 is 41.0 Å². The lowest BCUT2D eigenvalue weighted by atomic mass is 10.1. The Hall–Kier alpha value is -3.47. The van der Waals surface area contributed by atoms with Gasteiger partial charge in [0.25, 0.3) is 5.56 Å². The van der Waals surface area contributed by atoms with E-state index in [0.717, 1.165) is 5.56 Å². The molecule has 0 saturated heterocycles. The molecule has 0 aliphatic rings. The molecule has 2 rings (SSSR count). The lowest BCUT2D eigenvalue weighted by molar-refractivity contribution is -0.140. The summed E-state index contributed by atoms with van der Waals surface area (Å²) < 4.78 is 1.21. The molecule has 0 spiro atoms. The van der Waals surface area contributed by atoms with Gasteiger partial charge in [-0.05, 0) is 25.3 Å². The van der Waals surface area contributed by atoms with Crippen LogP contribution in [0.1, 0.15) is 51.1 Å². The molecule has 0 saturated carbocycles. The first-order valence-corrected chi connectivity index (χ1v) is 12.8. The summed E-state index contributed by atoms with van der Waals surface area (Å²) in [7, 11) is 0. The zero-order valence-corrected chi connectivity index (χ0v) is 21.3. The minimum atomic E-state index is -1.21. The minimum Gasteiger partial charge on any atom is -0.481 e. The van der Waals surface area contributed by atoms with Crippen molar-refractivity contribution in [3.05, 3.63) is 58.6 Å². The van der Waals surface area contributed by atoms with E-state index in [9.17, 15) is 29.1 Å². The summed E-state index contributed by atoms with van der Waals surface area (Å²) in [5.74, 6) is -1.55. The first-order chi connectivity index (χ1) is 17.2. The van der Waals surface area contributed by atoms with Gasteiger partial charge in [0.1, 0.15) is 11.8 Å². The van der Waals surface area contributed by atoms with Crippen LogP contribution in [0.15, 0.2) is 47.5 Å². The van der Waals surface area contributed by atoms with Crippen LogP contribution in [-0.2, 0) is 24.9 Å². The Morgan fingerprint density at radius 2 is 1.89 bits per heavy atom. The summed E-state index contributed by atoms with van der Waals surface area (Å²) in [6, 6.07) is 7.36. The molecule has 0 bridgehead atoms. The highest BCUT2D eigenvalue weighted by Gasteiger charge is 2.28. The Balaban J connectivity index is 2.07. The fourth-order valence-corrected chi connectivity index (χ4v) is 4.41. The second-order valence-corrected chi connectivity index (χ2v) is 9.23. The minimum absolute atomic E-state index is 0.0352. The van der Waals surface area contributed by atoms with Gasteiger partial charge in [-0.15, -0.1) is 11.8 Å². The van der Waals surface area contributed by atoms with E-state index in [1.807, 2.05) is 30.3 Å². The summed E-state index contributed by atoms with van der Waals surface area (Å²) in [6.07, 6.45) is 3.34. The van der Waals surface area contributed by atoms with Crippen molar-refractivity contribution in [1.29, 1.82) is 0 Å². The number of Topliss-reactive ketones (excluding diaryl/α,β-unsaturated/α-hetero) is 2. The van der Waals surface area contributed by atoms with Crippen LogP contribution in [0.3, 0.4) is 0 Å². The highest BCUT2D eigenvalue weighted by atomic mass is 32.2. The van der Waals surface area contributed by atoms with Crippen molar-refractivity contribution in [2.24, 2.45) is 0 Å². The van der Waals surface area contributed by atoms with E-state index in [1.165, 1.54) is 35.6 Å². The summed E-state index contributed by atoms with van der Waals surface area (Å²) in [5.41, 5.74) is 0.504. The molecule has 1 amide bonds. The standard InChI is InChI=1S/C25H32N4O6S/c1-3-20(29-13-12-27-23(25(29)35)26-11-7-8-17(2)30)24(34)28-19(14-22(32)33)21(31)16-36-15-18-9-5-4-6-10-18/h4-6,9-10,12-13,19-20H,3,7-8,11,14-16H2,1-2H3,(H,26,27)(H,28,34)(H,32,33)/t19-,20?/m0/s1. The average molecular weight is 517 g/mol. The molecule has 0 aliphatic carbocycles. The van der Waals surface area contributed by atoms with Crippen LogP contribution in [0.4, 0.5) is 5.82 Å². The third kappa shape index (κ3) is 9.29. The first kappa shape index (κ1) is 28.8. The summed E-state index contributed by atoms with van der Waals surface area (Å²) in [5, 5.41) is 14.7. The molecule has 3 N–H and O–H groups in total. The topological polar surface area (TPSA) is 147 Å². The third-order valence-corrected chi connectivity index (χ3v) is 6.36. The van der Waals surface area contributed by atoms with E-state index in [4.69, 9.17) is 0 Å². The Labute approximate surface area is 213 Å². The zero-order chi connectivity index (χ0) is 26.5. The number of anilines is 1. The van der Waals surface area contributed by atoms with E-state index in [1.54, 1.807) is 6.92 Å².